The van der Waals surface area contributed by atoms with Crippen molar-refractivity contribution >= 4 is 27.5 Å². The van der Waals surface area contributed by atoms with E-state index in [1.807, 2.05) is 37.3 Å². The average molecular weight is 585 g/mol. The fourth-order valence-electron chi connectivity index (χ4n) is 4.56. The predicted octanol–water partition coefficient (Wildman–Crippen LogP) is 7.72. The molecule has 2 N–H and O–H groups in total. The van der Waals surface area contributed by atoms with Gasteiger partial charge in [-0.1, -0.05) is 95.5 Å². The minimum atomic E-state index is -4.10. The Morgan fingerprint density at radius 3 is 2.35 bits per heavy atom. The van der Waals surface area contributed by atoms with Crippen LogP contribution in [0.3, 0.4) is 0 Å². The fraction of sp³-hybridized carbons (Fsp3) is 0.469. The van der Waals surface area contributed by atoms with E-state index in [4.69, 9.17) is 4.74 Å². The van der Waals surface area contributed by atoms with E-state index in [0.717, 1.165) is 54.5 Å². The normalized spacial score (nSPS) is 12.4. The number of benzene rings is 2. The average Bonchev–Trinajstić information content (AvgIpc) is 3.35. The van der Waals surface area contributed by atoms with E-state index >= 15 is 0 Å². The third kappa shape index (κ3) is 10.1. The van der Waals surface area contributed by atoms with Gasteiger partial charge < -0.3 is 10.1 Å². The summed E-state index contributed by atoms with van der Waals surface area (Å²) in [6, 6.07) is 20.8. The Balaban J connectivity index is 1.83. The van der Waals surface area contributed by atoms with Crippen LogP contribution in [0.1, 0.15) is 75.8 Å². The van der Waals surface area contributed by atoms with E-state index in [1.165, 1.54) is 16.9 Å². The van der Waals surface area contributed by atoms with Gasteiger partial charge >= 0.3 is 6.09 Å². The summed E-state index contributed by atoms with van der Waals surface area (Å²) < 4.78 is 34.0. The summed E-state index contributed by atoms with van der Waals surface area (Å²) in [7, 11) is -4.10. The monoisotopic (exact) mass is 584 g/mol. The van der Waals surface area contributed by atoms with Gasteiger partial charge in [0, 0.05) is 23.0 Å². The van der Waals surface area contributed by atoms with Crippen LogP contribution in [0.15, 0.2) is 64.9 Å². The Bertz CT molecular complexity index is 1300. The molecule has 40 heavy (non-hydrogen) atoms. The summed E-state index contributed by atoms with van der Waals surface area (Å²) in [5, 5.41) is 3.74. The number of nitrogens with one attached hydrogen (secondary N) is 2. The molecule has 0 saturated heterocycles. The SMILES string of the molecule is CCCCOC(=O)NS(=O)(=O)c1sc(CC(C)C)cc1-c1cccc(CNC(CCCC)Cc2ccccc2)c1. The number of ether oxygens (including phenoxy) is 1. The van der Waals surface area contributed by atoms with Crippen LogP contribution in [0.4, 0.5) is 4.79 Å². The van der Waals surface area contributed by atoms with Gasteiger partial charge in [-0.05, 0) is 60.4 Å². The molecule has 6 nitrogen and oxygen atoms in total. The molecule has 1 amide bonds. The second-order valence-corrected chi connectivity index (χ2v) is 13.7. The molecule has 0 fully saturated rings. The van der Waals surface area contributed by atoms with Crippen LogP contribution < -0.4 is 10.0 Å². The Kier molecular flexibility index (Phi) is 12.7. The molecule has 0 saturated carbocycles. The molecule has 0 aliphatic carbocycles. The maximum absolute atomic E-state index is 13.3. The van der Waals surface area contributed by atoms with Gasteiger partial charge in [0.25, 0.3) is 10.0 Å². The van der Waals surface area contributed by atoms with Crippen LogP contribution in [-0.2, 0) is 34.1 Å². The third-order valence-corrected chi connectivity index (χ3v) is 9.62. The Hall–Kier alpha value is -2.68. The molecule has 0 aliphatic heterocycles. The molecule has 1 heterocycles. The molecule has 3 rings (SSSR count). The van der Waals surface area contributed by atoms with Crippen molar-refractivity contribution < 1.29 is 17.9 Å². The minimum absolute atomic E-state index is 0.144. The first-order chi connectivity index (χ1) is 19.2. The lowest BCUT2D eigenvalue weighted by Gasteiger charge is -2.19. The number of unbranched alkanes of at least 4 members (excludes halogenated alkanes) is 2. The van der Waals surface area contributed by atoms with E-state index in [0.29, 0.717) is 30.5 Å². The highest BCUT2D eigenvalue weighted by atomic mass is 32.2. The fourth-order valence-corrected chi connectivity index (χ4v) is 7.40. The number of hydrogen-bond acceptors (Lipinski definition) is 6. The molecule has 1 atom stereocenters. The molecule has 8 heteroatoms. The molecule has 2 aromatic carbocycles. The molecule has 218 valence electrons. The largest absolute Gasteiger partial charge is 0.449 e. The van der Waals surface area contributed by atoms with Gasteiger partial charge in [0.15, 0.2) is 0 Å². The third-order valence-electron chi connectivity index (χ3n) is 6.62. The smallest absolute Gasteiger partial charge is 0.421 e. The van der Waals surface area contributed by atoms with Crippen molar-refractivity contribution in [3.05, 3.63) is 76.7 Å². The molecule has 0 spiro atoms. The highest BCUT2D eigenvalue weighted by Gasteiger charge is 2.26. The minimum Gasteiger partial charge on any atom is -0.449 e. The summed E-state index contributed by atoms with van der Waals surface area (Å²) in [6.45, 7) is 9.27. The summed E-state index contributed by atoms with van der Waals surface area (Å²) >= 11 is 1.22. The highest BCUT2D eigenvalue weighted by molar-refractivity contribution is 7.92. The van der Waals surface area contributed by atoms with Crippen LogP contribution >= 0.6 is 11.3 Å². The summed E-state index contributed by atoms with van der Waals surface area (Å²) in [5.41, 5.74) is 3.83. The van der Waals surface area contributed by atoms with Gasteiger partial charge in [-0.3, -0.25) is 0 Å². The van der Waals surface area contributed by atoms with Crippen molar-refractivity contribution in [1.82, 2.24) is 10.0 Å². The van der Waals surface area contributed by atoms with Gasteiger partial charge in [-0.25, -0.2) is 17.9 Å². The van der Waals surface area contributed by atoms with Crippen LogP contribution in [0.5, 0.6) is 0 Å². The molecular weight excluding hydrogens is 540 g/mol. The molecule has 1 aromatic heterocycles. The Morgan fingerprint density at radius 1 is 0.925 bits per heavy atom. The van der Waals surface area contributed by atoms with Crippen molar-refractivity contribution in [3.8, 4) is 11.1 Å². The standard InChI is InChI=1S/C32H44N2O4S2/c1-5-7-17-28(21-25-13-10-9-11-14-25)33-23-26-15-12-16-27(20-26)30-22-29(19-24(3)4)39-31(30)40(36,37)34-32(35)38-18-8-6-2/h9-16,20,22,24,28,33H,5-8,17-19,21,23H2,1-4H3,(H,34,35). The lowest BCUT2D eigenvalue weighted by Crippen LogP contribution is -2.31. The number of hydrogen-bond donors (Lipinski definition) is 2. The Labute approximate surface area is 244 Å². The molecule has 0 bridgehead atoms. The number of amides is 1. The van der Waals surface area contributed by atoms with Gasteiger partial charge in [-0.15, -0.1) is 11.3 Å². The first-order valence-corrected chi connectivity index (χ1v) is 16.7. The second-order valence-electron chi connectivity index (χ2n) is 10.7. The number of carbonyl (C=O) groups excluding carboxylic acids is 1. The zero-order valence-electron chi connectivity index (χ0n) is 24.2. The number of sulfonamides is 1. The predicted molar refractivity (Wildman–Crippen MR) is 165 cm³/mol. The highest BCUT2D eigenvalue weighted by Crippen LogP contribution is 2.36. The molecular formula is C32H44N2O4S2. The quantitative estimate of drug-likeness (QED) is 0.168. The lowest BCUT2D eigenvalue weighted by atomic mass is 10.00. The Morgan fingerprint density at radius 2 is 1.65 bits per heavy atom. The van der Waals surface area contributed by atoms with E-state index in [-0.39, 0.29) is 10.8 Å². The zero-order valence-corrected chi connectivity index (χ0v) is 25.9. The van der Waals surface area contributed by atoms with E-state index < -0.39 is 16.1 Å². The van der Waals surface area contributed by atoms with Crippen LogP contribution in [0, 0.1) is 5.92 Å². The van der Waals surface area contributed by atoms with Crippen LogP contribution in [-0.4, -0.2) is 27.2 Å². The summed E-state index contributed by atoms with van der Waals surface area (Å²) in [5.74, 6) is 0.370. The van der Waals surface area contributed by atoms with Gasteiger partial charge in [0.2, 0.25) is 0 Å². The van der Waals surface area contributed by atoms with Gasteiger partial charge in [0.05, 0.1) is 6.61 Å². The van der Waals surface area contributed by atoms with Gasteiger partial charge in [-0.2, -0.15) is 0 Å². The van der Waals surface area contributed by atoms with Crippen molar-refractivity contribution in [3.63, 3.8) is 0 Å². The summed E-state index contributed by atoms with van der Waals surface area (Å²) in [4.78, 5) is 13.2. The van der Waals surface area contributed by atoms with Crippen LogP contribution in [0.2, 0.25) is 0 Å². The van der Waals surface area contributed by atoms with E-state index in [2.05, 4.69) is 61.1 Å². The first-order valence-electron chi connectivity index (χ1n) is 14.4. The number of thiophene rings is 1. The van der Waals surface area contributed by atoms with E-state index in [9.17, 15) is 13.2 Å². The summed E-state index contributed by atoms with van der Waals surface area (Å²) in [6.07, 6.45) is 5.72. The van der Waals surface area contributed by atoms with Crippen molar-refractivity contribution in [2.24, 2.45) is 5.92 Å². The van der Waals surface area contributed by atoms with Crippen molar-refractivity contribution in [2.75, 3.05) is 6.61 Å². The number of rotatable bonds is 16. The molecule has 3 aromatic rings. The lowest BCUT2D eigenvalue weighted by molar-refractivity contribution is 0.151. The van der Waals surface area contributed by atoms with Crippen molar-refractivity contribution in [2.45, 2.75) is 89.4 Å². The molecule has 0 radical (unpaired) electrons. The molecule has 0 aliphatic rings. The van der Waals surface area contributed by atoms with Crippen molar-refractivity contribution in [1.29, 1.82) is 0 Å². The molecule has 1 unspecified atom stereocenters. The van der Waals surface area contributed by atoms with E-state index in [1.54, 1.807) is 0 Å². The second kappa shape index (κ2) is 15.9. The van der Waals surface area contributed by atoms with Crippen LogP contribution in [0.25, 0.3) is 11.1 Å². The maximum atomic E-state index is 13.3. The topological polar surface area (TPSA) is 84.5 Å². The number of carbonyl (C=O) groups is 1. The zero-order chi connectivity index (χ0) is 29.0. The maximum Gasteiger partial charge on any atom is 0.421 e. The first kappa shape index (κ1) is 31.8. The van der Waals surface area contributed by atoms with Gasteiger partial charge in [0.1, 0.15) is 4.21 Å².